The number of carbonyl (C=O) groups is 2. The Balaban J connectivity index is 1.21. The third-order valence-electron chi connectivity index (χ3n) is 9.34. The lowest BCUT2D eigenvalue weighted by molar-refractivity contribution is -0.123. The zero-order valence-corrected chi connectivity index (χ0v) is 26.6. The molecule has 0 saturated carbocycles. The van der Waals surface area contributed by atoms with Crippen molar-refractivity contribution in [1.82, 2.24) is 15.5 Å². The number of rotatable bonds is 6. The molecule has 0 radical (unpaired) electrons. The molecule has 0 spiro atoms. The molecular weight excluding hydrogens is 560 g/mol. The van der Waals surface area contributed by atoms with Crippen molar-refractivity contribution in [1.29, 1.82) is 0 Å². The minimum atomic E-state index is -0.437. The number of carbonyl (C=O) groups excluding carboxylic acids is 2. The molecule has 0 bridgehead atoms. The molecule has 1 aromatic heterocycles. The quantitative estimate of drug-likeness (QED) is 0.496. The van der Waals surface area contributed by atoms with Gasteiger partial charge in [-0.1, -0.05) is 12.1 Å². The molecule has 2 unspecified atom stereocenters. The number of ether oxygens (including phenoxy) is 3. The molecule has 2 amide bonds. The predicted octanol–water partition coefficient (Wildman–Crippen LogP) is 4.62. The summed E-state index contributed by atoms with van der Waals surface area (Å²) >= 11 is 0. The van der Waals surface area contributed by atoms with E-state index in [4.69, 9.17) is 23.6 Å². The molecule has 1 aromatic carbocycles. The van der Waals surface area contributed by atoms with Gasteiger partial charge in [0.1, 0.15) is 23.1 Å². The van der Waals surface area contributed by atoms with Crippen LogP contribution in [0.5, 0.6) is 0 Å². The second kappa shape index (κ2) is 11.1. The van der Waals surface area contributed by atoms with Crippen LogP contribution in [0.4, 0.5) is 0 Å². The van der Waals surface area contributed by atoms with Crippen LogP contribution < -0.4 is 10.6 Å². The third-order valence-corrected chi connectivity index (χ3v) is 9.34. The van der Waals surface area contributed by atoms with E-state index >= 15 is 0 Å². The summed E-state index contributed by atoms with van der Waals surface area (Å²) < 4.78 is 23.7. The van der Waals surface area contributed by atoms with Crippen LogP contribution in [0.2, 0.25) is 0 Å². The summed E-state index contributed by atoms with van der Waals surface area (Å²) in [6.45, 7) is 12.6. The topological polar surface area (TPSA) is 115 Å². The van der Waals surface area contributed by atoms with Gasteiger partial charge >= 0.3 is 0 Å². The average molecular weight is 603 g/mol. The lowest BCUT2D eigenvalue weighted by Crippen LogP contribution is -2.44. The molecule has 5 heterocycles. The number of likely N-dealkylation sites (tertiary alicyclic amines) is 1. The Kier molecular flexibility index (Phi) is 7.60. The van der Waals surface area contributed by atoms with Gasteiger partial charge in [-0.25, -0.2) is 0 Å². The first kappa shape index (κ1) is 30.0. The van der Waals surface area contributed by atoms with Gasteiger partial charge in [0.25, 0.3) is 5.91 Å². The van der Waals surface area contributed by atoms with E-state index in [-0.39, 0.29) is 29.1 Å². The highest BCUT2D eigenvalue weighted by Gasteiger charge is 2.43. The Morgan fingerprint density at radius 2 is 1.89 bits per heavy atom. The van der Waals surface area contributed by atoms with E-state index in [9.17, 15) is 9.59 Å². The van der Waals surface area contributed by atoms with Crippen molar-refractivity contribution in [3.05, 3.63) is 81.5 Å². The molecule has 6 rings (SSSR count). The van der Waals surface area contributed by atoms with Gasteiger partial charge in [-0.2, -0.15) is 4.99 Å². The van der Waals surface area contributed by atoms with Gasteiger partial charge in [-0.15, -0.1) is 0 Å². The smallest absolute Gasteiger partial charge is 0.291 e. The molecule has 44 heavy (non-hydrogen) atoms. The molecule has 2 N–H and O–H groups in total. The Morgan fingerprint density at radius 3 is 2.61 bits per heavy atom. The van der Waals surface area contributed by atoms with Crippen molar-refractivity contribution in [2.24, 2.45) is 16.8 Å². The van der Waals surface area contributed by atoms with E-state index in [1.807, 2.05) is 12.1 Å². The molecule has 10 heteroatoms. The van der Waals surface area contributed by atoms with E-state index in [1.54, 1.807) is 13.2 Å². The van der Waals surface area contributed by atoms with Crippen LogP contribution in [-0.2, 0) is 36.6 Å². The molecule has 10 nitrogen and oxygen atoms in total. The molecule has 2 aromatic rings. The summed E-state index contributed by atoms with van der Waals surface area (Å²) in [5.74, 6) is 2.26. The van der Waals surface area contributed by atoms with Crippen molar-refractivity contribution in [2.45, 2.75) is 65.1 Å². The first-order chi connectivity index (χ1) is 20.9. The van der Waals surface area contributed by atoms with Crippen LogP contribution in [0.1, 0.15) is 79.1 Å². The fraction of sp³-hybridized carbons (Fsp3) is 0.500. The van der Waals surface area contributed by atoms with Crippen LogP contribution in [0.25, 0.3) is 0 Å². The normalized spacial score (nSPS) is 23.7. The maximum Gasteiger partial charge on any atom is 0.291 e. The van der Waals surface area contributed by atoms with Crippen LogP contribution in [-0.4, -0.2) is 56.4 Å². The zero-order valence-electron chi connectivity index (χ0n) is 26.6. The number of nitrogens with one attached hydrogen (secondary N) is 2. The molecule has 234 valence electrons. The molecule has 4 aliphatic rings. The number of amidine groups is 1. The fourth-order valence-corrected chi connectivity index (χ4v) is 7.04. The van der Waals surface area contributed by atoms with Crippen molar-refractivity contribution in [3.63, 3.8) is 0 Å². The van der Waals surface area contributed by atoms with Gasteiger partial charge in [0.15, 0.2) is 5.76 Å². The van der Waals surface area contributed by atoms with Gasteiger partial charge < -0.3 is 34.2 Å². The summed E-state index contributed by atoms with van der Waals surface area (Å²) in [5, 5.41) is 5.89. The van der Waals surface area contributed by atoms with Crippen molar-refractivity contribution in [3.8, 4) is 0 Å². The van der Waals surface area contributed by atoms with Gasteiger partial charge in [-0.3, -0.25) is 9.59 Å². The maximum atomic E-state index is 13.4. The lowest BCUT2D eigenvalue weighted by atomic mass is 9.86. The average Bonchev–Trinajstić information content (AvgIpc) is 3.60. The minimum absolute atomic E-state index is 0.0462. The number of aryl methyl sites for hydroxylation is 1. The van der Waals surface area contributed by atoms with E-state index in [0.29, 0.717) is 42.5 Å². The number of amides is 2. The van der Waals surface area contributed by atoms with Crippen molar-refractivity contribution in [2.75, 3.05) is 33.9 Å². The Bertz CT molecular complexity index is 1600. The van der Waals surface area contributed by atoms with Crippen LogP contribution in [0.3, 0.4) is 0 Å². The SMILES string of the molecule is COC1=CCC(N2CCC3CNC(=O)C3C2)=NC(OC)=C1NC(=O)c1ccc(Cc2cc3c(cc2C)C(C)(C)OC3(C)C)o1. The van der Waals surface area contributed by atoms with Crippen molar-refractivity contribution < 1.29 is 28.2 Å². The first-order valence-corrected chi connectivity index (χ1v) is 15.3. The second-order valence-electron chi connectivity index (χ2n) is 13.1. The number of hydrogen-bond donors (Lipinski definition) is 2. The second-order valence-corrected chi connectivity index (χ2v) is 13.1. The van der Waals surface area contributed by atoms with Crippen molar-refractivity contribution >= 4 is 17.6 Å². The van der Waals surface area contributed by atoms with Gasteiger partial charge in [0, 0.05) is 32.5 Å². The molecular formula is C34H42N4O6. The summed E-state index contributed by atoms with van der Waals surface area (Å²) in [6, 6.07) is 7.92. The first-order valence-electron chi connectivity index (χ1n) is 15.3. The molecule has 2 fully saturated rings. The van der Waals surface area contributed by atoms with E-state index in [2.05, 4.69) is 62.3 Å². The third kappa shape index (κ3) is 5.40. The maximum absolute atomic E-state index is 13.4. The van der Waals surface area contributed by atoms with E-state index < -0.39 is 11.5 Å². The number of fused-ring (bicyclic) bond motifs is 2. The van der Waals surface area contributed by atoms with Gasteiger partial charge in [0.2, 0.25) is 11.8 Å². The Morgan fingerprint density at radius 1 is 1.14 bits per heavy atom. The van der Waals surface area contributed by atoms with E-state index in [0.717, 1.165) is 36.5 Å². The van der Waals surface area contributed by atoms with Crippen LogP contribution in [0, 0.1) is 18.8 Å². The van der Waals surface area contributed by atoms with Gasteiger partial charge in [-0.05, 0) is 87.4 Å². The molecule has 2 saturated heterocycles. The summed E-state index contributed by atoms with van der Waals surface area (Å²) in [5.41, 5.74) is 4.23. The minimum Gasteiger partial charge on any atom is -0.495 e. The zero-order chi connectivity index (χ0) is 31.4. The number of benzene rings is 1. The predicted molar refractivity (Wildman–Crippen MR) is 165 cm³/mol. The van der Waals surface area contributed by atoms with Crippen LogP contribution >= 0.6 is 0 Å². The summed E-state index contributed by atoms with van der Waals surface area (Å²) in [6.07, 6.45) is 3.80. The number of methoxy groups -OCH3 is 2. The summed E-state index contributed by atoms with van der Waals surface area (Å²) in [4.78, 5) is 32.7. The number of aliphatic imine (C=N–C) groups is 1. The van der Waals surface area contributed by atoms with E-state index in [1.165, 1.54) is 18.2 Å². The Hall–Kier alpha value is -4.05. The number of furan rings is 1. The Labute approximate surface area is 258 Å². The number of nitrogens with zero attached hydrogens (tertiary/aromatic N) is 2. The monoisotopic (exact) mass is 602 g/mol. The standard InChI is InChI=1S/C34H42N4O6/c1-19-14-24-25(34(4,5)44-33(24,2)3)16-21(19)15-22-8-9-27(43-22)31(40)37-29-26(41-6)10-11-28(36-32(29)42-7)38-13-12-20-17-35-30(39)23(20)18-38/h8-10,14,16,20,23H,11-13,15,17-18H2,1-7H3,(H,35,39)(H,37,40). The number of piperidine rings is 1. The highest BCUT2D eigenvalue weighted by atomic mass is 16.5. The number of hydrogen-bond acceptors (Lipinski definition) is 8. The van der Waals surface area contributed by atoms with Crippen LogP contribution in [0.15, 0.2) is 57.1 Å². The lowest BCUT2D eigenvalue weighted by Gasteiger charge is -2.35. The summed E-state index contributed by atoms with van der Waals surface area (Å²) in [7, 11) is 3.05. The molecule has 2 atom stereocenters. The molecule has 4 aliphatic heterocycles. The molecule has 0 aliphatic carbocycles. The largest absolute Gasteiger partial charge is 0.495 e. The van der Waals surface area contributed by atoms with Gasteiger partial charge in [0.05, 0.1) is 31.3 Å². The highest BCUT2D eigenvalue weighted by Crippen LogP contribution is 2.47. The highest BCUT2D eigenvalue weighted by molar-refractivity contribution is 5.93. The fourth-order valence-electron chi connectivity index (χ4n) is 7.04.